The fraction of sp³-hybridized carbons (Fsp3) is 0.263. The number of carbonyl (C=O) groups excluding carboxylic acids is 2. The second-order valence-corrected chi connectivity index (χ2v) is 6.24. The molecular weight excluding hydrogens is 363 g/mol. The molecule has 0 aliphatic heterocycles. The average molecular weight is 381 g/mol. The molecule has 4 nitrogen and oxygen atoms in total. The van der Waals surface area contributed by atoms with E-state index in [1.807, 2.05) is 0 Å². The van der Waals surface area contributed by atoms with Crippen molar-refractivity contribution in [3.8, 4) is 11.5 Å². The van der Waals surface area contributed by atoms with Gasteiger partial charge < -0.3 is 9.47 Å². The van der Waals surface area contributed by atoms with Crippen molar-refractivity contribution in [1.29, 1.82) is 0 Å². The minimum absolute atomic E-state index is 0.200. The van der Waals surface area contributed by atoms with Crippen molar-refractivity contribution in [2.75, 3.05) is 0 Å². The zero-order valence-electron chi connectivity index (χ0n) is 13.9. The highest BCUT2D eigenvalue weighted by Gasteiger charge is 2.46. The molecule has 2 aromatic carbocycles. The van der Waals surface area contributed by atoms with Crippen molar-refractivity contribution in [3.05, 3.63) is 58.6 Å². The molecule has 132 valence electrons. The molecule has 0 saturated heterocycles. The third kappa shape index (κ3) is 4.14. The van der Waals surface area contributed by atoms with E-state index in [4.69, 9.17) is 32.7 Å². The largest absolute Gasteiger partial charge is 0.424 e. The zero-order valence-corrected chi connectivity index (χ0v) is 15.4. The van der Waals surface area contributed by atoms with Crippen LogP contribution in [0.4, 0.5) is 0 Å². The fourth-order valence-corrected chi connectivity index (χ4v) is 2.71. The smallest absolute Gasteiger partial charge is 0.328 e. The molecule has 0 aliphatic carbocycles. The number of para-hydroxylation sites is 2. The summed E-state index contributed by atoms with van der Waals surface area (Å²) in [5.74, 6) is -1.01. The standard InChI is InChI=1S/C19H18Cl2O4/c1-3-19(4-2,17(22)24-15-11-7-5-9-13(15)20)18(23)25-16-12-8-6-10-14(16)21/h5-12H,3-4H2,1-2H3. The summed E-state index contributed by atoms with van der Waals surface area (Å²) in [5.41, 5.74) is -1.45. The lowest BCUT2D eigenvalue weighted by molar-refractivity contribution is -0.161. The Morgan fingerprint density at radius 2 is 1.16 bits per heavy atom. The van der Waals surface area contributed by atoms with Crippen LogP contribution in [0.3, 0.4) is 0 Å². The Morgan fingerprint density at radius 3 is 1.48 bits per heavy atom. The first kappa shape index (κ1) is 19.3. The second kappa shape index (κ2) is 8.37. The Balaban J connectivity index is 2.27. The highest BCUT2D eigenvalue weighted by molar-refractivity contribution is 6.32. The number of rotatable bonds is 6. The number of ether oxygens (including phenoxy) is 2. The first-order valence-electron chi connectivity index (χ1n) is 7.88. The van der Waals surface area contributed by atoms with Crippen LogP contribution in [0.15, 0.2) is 48.5 Å². The van der Waals surface area contributed by atoms with Gasteiger partial charge in [0, 0.05) is 0 Å². The molecule has 0 aliphatic rings. The van der Waals surface area contributed by atoms with Crippen LogP contribution < -0.4 is 9.47 Å². The van der Waals surface area contributed by atoms with Gasteiger partial charge in [-0.15, -0.1) is 0 Å². The number of hydrogen-bond donors (Lipinski definition) is 0. The maximum Gasteiger partial charge on any atom is 0.328 e. The summed E-state index contributed by atoms with van der Waals surface area (Å²) in [7, 11) is 0. The Kier molecular flexibility index (Phi) is 6.45. The van der Waals surface area contributed by atoms with E-state index in [1.54, 1.807) is 62.4 Å². The van der Waals surface area contributed by atoms with E-state index in [-0.39, 0.29) is 34.4 Å². The van der Waals surface area contributed by atoms with Gasteiger partial charge in [-0.1, -0.05) is 61.3 Å². The van der Waals surface area contributed by atoms with E-state index in [0.717, 1.165) is 0 Å². The van der Waals surface area contributed by atoms with Crippen molar-refractivity contribution in [1.82, 2.24) is 0 Å². The number of halogens is 2. The van der Waals surface area contributed by atoms with Crippen LogP contribution in [-0.4, -0.2) is 11.9 Å². The van der Waals surface area contributed by atoms with Gasteiger partial charge in [-0.25, -0.2) is 0 Å². The normalized spacial score (nSPS) is 11.0. The molecule has 0 N–H and O–H groups in total. The molecule has 0 radical (unpaired) electrons. The maximum atomic E-state index is 12.8. The molecule has 0 heterocycles. The highest BCUT2D eigenvalue weighted by Crippen LogP contribution is 2.34. The molecular formula is C19H18Cl2O4. The molecule has 6 heteroatoms. The fourth-order valence-electron chi connectivity index (χ4n) is 2.36. The predicted octanol–water partition coefficient (Wildman–Crippen LogP) is 5.31. The maximum absolute atomic E-state index is 12.8. The van der Waals surface area contributed by atoms with E-state index in [9.17, 15) is 9.59 Å². The Labute approximate surface area is 156 Å². The van der Waals surface area contributed by atoms with E-state index in [1.165, 1.54) is 0 Å². The van der Waals surface area contributed by atoms with Crippen molar-refractivity contribution in [3.63, 3.8) is 0 Å². The van der Waals surface area contributed by atoms with Gasteiger partial charge in [0.25, 0.3) is 0 Å². The molecule has 0 aromatic heterocycles. The summed E-state index contributed by atoms with van der Waals surface area (Å²) in [4.78, 5) is 25.5. The molecule has 0 spiro atoms. The van der Waals surface area contributed by atoms with Gasteiger partial charge in [0.15, 0.2) is 5.41 Å². The van der Waals surface area contributed by atoms with Crippen molar-refractivity contribution in [2.24, 2.45) is 5.41 Å². The predicted molar refractivity (Wildman–Crippen MR) is 97.2 cm³/mol. The van der Waals surface area contributed by atoms with E-state index < -0.39 is 17.4 Å². The molecule has 0 fully saturated rings. The highest BCUT2D eigenvalue weighted by atomic mass is 35.5. The summed E-state index contributed by atoms with van der Waals surface area (Å²) >= 11 is 12.0. The van der Waals surface area contributed by atoms with Crippen molar-refractivity contribution in [2.45, 2.75) is 26.7 Å². The number of benzene rings is 2. The number of esters is 2. The van der Waals surface area contributed by atoms with Crippen LogP contribution in [0.2, 0.25) is 10.0 Å². The molecule has 2 aromatic rings. The summed E-state index contributed by atoms with van der Waals surface area (Å²) in [6.07, 6.45) is 0.437. The minimum atomic E-state index is -1.45. The minimum Gasteiger partial charge on any atom is -0.424 e. The summed E-state index contributed by atoms with van der Waals surface area (Å²) in [6.45, 7) is 3.45. The van der Waals surface area contributed by atoms with Gasteiger partial charge in [0.05, 0.1) is 10.0 Å². The molecule has 0 saturated carbocycles. The molecule has 2 rings (SSSR count). The second-order valence-electron chi connectivity index (χ2n) is 5.43. The molecule has 0 atom stereocenters. The topological polar surface area (TPSA) is 52.6 Å². The Hall–Kier alpha value is -2.04. The zero-order chi connectivity index (χ0) is 18.4. The third-order valence-corrected chi connectivity index (χ3v) is 4.69. The van der Waals surface area contributed by atoms with Gasteiger partial charge in [0.2, 0.25) is 0 Å². The summed E-state index contributed by atoms with van der Waals surface area (Å²) < 4.78 is 10.8. The summed E-state index contributed by atoms with van der Waals surface area (Å²) in [5, 5.41) is 0.577. The Bertz CT molecular complexity index is 708. The average Bonchev–Trinajstić information content (AvgIpc) is 2.60. The lowest BCUT2D eigenvalue weighted by Crippen LogP contribution is -2.44. The molecule has 0 bridgehead atoms. The SMILES string of the molecule is CCC(CC)(C(=O)Oc1ccccc1Cl)C(=O)Oc1ccccc1Cl. The summed E-state index contributed by atoms with van der Waals surface area (Å²) in [6, 6.07) is 13.2. The van der Waals surface area contributed by atoms with Crippen LogP contribution in [-0.2, 0) is 9.59 Å². The monoisotopic (exact) mass is 380 g/mol. The van der Waals surface area contributed by atoms with Crippen LogP contribution in [0.5, 0.6) is 11.5 Å². The molecule has 25 heavy (non-hydrogen) atoms. The van der Waals surface area contributed by atoms with E-state index in [2.05, 4.69) is 0 Å². The molecule has 0 unspecified atom stereocenters. The quantitative estimate of drug-likeness (QED) is 0.387. The number of carbonyl (C=O) groups is 2. The third-order valence-electron chi connectivity index (χ3n) is 4.07. The van der Waals surface area contributed by atoms with E-state index >= 15 is 0 Å². The van der Waals surface area contributed by atoms with Gasteiger partial charge in [-0.2, -0.15) is 0 Å². The van der Waals surface area contributed by atoms with E-state index in [0.29, 0.717) is 0 Å². The van der Waals surface area contributed by atoms with Gasteiger partial charge >= 0.3 is 11.9 Å². The first-order valence-corrected chi connectivity index (χ1v) is 8.63. The number of hydrogen-bond acceptors (Lipinski definition) is 4. The van der Waals surface area contributed by atoms with Crippen molar-refractivity contribution < 1.29 is 19.1 Å². The Morgan fingerprint density at radius 1 is 0.800 bits per heavy atom. The van der Waals surface area contributed by atoms with Crippen LogP contribution in [0.25, 0.3) is 0 Å². The van der Waals surface area contributed by atoms with Crippen LogP contribution in [0, 0.1) is 5.41 Å². The first-order chi connectivity index (χ1) is 11.9. The van der Waals surface area contributed by atoms with Crippen LogP contribution in [0.1, 0.15) is 26.7 Å². The van der Waals surface area contributed by atoms with Crippen LogP contribution >= 0.6 is 23.2 Å². The lowest BCUT2D eigenvalue weighted by Gasteiger charge is -2.27. The van der Waals surface area contributed by atoms with Gasteiger partial charge in [0.1, 0.15) is 11.5 Å². The lowest BCUT2D eigenvalue weighted by atomic mass is 9.82. The molecule has 0 amide bonds. The van der Waals surface area contributed by atoms with Crippen molar-refractivity contribution >= 4 is 35.1 Å². The van der Waals surface area contributed by atoms with Gasteiger partial charge in [-0.05, 0) is 37.1 Å². The van der Waals surface area contributed by atoms with Gasteiger partial charge in [-0.3, -0.25) is 9.59 Å².